The van der Waals surface area contributed by atoms with Crippen molar-refractivity contribution in [3.05, 3.63) is 27.8 Å². The third-order valence-corrected chi connectivity index (χ3v) is 3.35. The normalized spacial score (nSPS) is 18.6. The van der Waals surface area contributed by atoms with Gasteiger partial charge < -0.3 is 9.80 Å². The Hall–Kier alpha value is -0.290. The van der Waals surface area contributed by atoms with E-state index in [9.17, 15) is 0 Å². The Morgan fingerprint density at radius 2 is 1.86 bits per heavy atom. The summed E-state index contributed by atoms with van der Waals surface area (Å²) >= 11 is 2.37. The standard InChI is InChI=1S/C11H15IN2/c1-13-5-7-14(8-6-13)11-4-2-3-10(12)9-11/h2-4,9H,5-8H2,1H3. The Balaban J connectivity index is 2.08. The van der Waals surface area contributed by atoms with E-state index in [-0.39, 0.29) is 0 Å². The zero-order valence-corrected chi connectivity index (χ0v) is 10.6. The molecule has 0 bridgehead atoms. The third-order valence-electron chi connectivity index (χ3n) is 2.68. The summed E-state index contributed by atoms with van der Waals surface area (Å²) < 4.78 is 1.32. The Kier molecular flexibility index (Phi) is 3.28. The molecule has 0 amide bonds. The second-order valence-electron chi connectivity index (χ2n) is 3.77. The van der Waals surface area contributed by atoms with E-state index in [1.807, 2.05) is 0 Å². The van der Waals surface area contributed by atoms with Gasteiger partial charge in [-0.25, -0.2) is 0 Å². The number of hydrogen-bond acceptors (Lipinski definition) is 2. The molecule has 0 spiro atoms. The average molecular weight is 302 g/mol. The van der Waals surface area contributed by atoms with Gasteiger partial charge >= 0.3 is 0 Å². The number of nitrogens with zero attached hydrogens (tertiary/aromatic N) is 2. The molecule has 0 saturated carbocycles. The van der Waals surface area contributed by atoms with Crippen molar-refractivity contribution in [2.45, 2.75) is 0 Å². The summed E-state index contributed by atoms with van der Waals surface area (Å²) in [6.07, 6.45) is 0. The van der Waals surface area contributed by atoms with Gasteiger partial charge in [-0.15, -0.1) is 0 Å². The molecule has 0 aromatic heterocycles. The van der Waals surface area contributed by atoms with Crippen molar-refractivity contribution >= 4 is 28.3 Å². The summed E-state index contributed by atoms with van der Waals surface area (Å²) in [5.74, 6) is 0. The van der Waals surface area contributed by atoms with E-state index >= 15 is 0 Å². The molecule has 0 aliphatic carbocycles. The smallest absolute Gasteiger partial charge is 0.0377 e. The van der Waals surface area contributed by atoms with Crippen molar-refractivity contribution in [3.63, 3.8) is 0 Å². The van der Waals surface area contributed by atoms with E-state index in [2.05, 4.69) is 63.7 Å². The first kappa shape index (κ1) is 10.2. The van der Waals surface area contributed by atoms with Crippen LogP contribution in [0.4, 0.5) is 5.69 Å². The largest absolute Gasteiger partial charge is 0.369 e. The molecule has 1 aromatic rings. The Morgan fingerprint density at radius 1 is 1.14 bits per heavy atom. The molecule has 2 nitrogen and oxygen atoms in total. The molecule has 76 valence electrons. The molecule has 0 radical (unpaired) electrons. The first-order valence-corrected chi connectivity index (χ1v) is 6.02. The maximum absolute atomic E-state index is 2.46. The number of hydrogen-bond donors (Lipinski definition) is 0. The summed E-state index contributed by atoms with van der Waals surface area (Å²) in [7, 11) is 2.19. The minimum absolute atomic E-state index is 1.15. The van der Waals surface area contributed by atoms with Crippen LogP contribution in [0, 0.1) is 3.57 Å². The number of piperazine rings is 1. The summed E-state index contributed by atoms with van der Waals surface area (Å²) in [5.41, 5.74) is 1.37. The second-order valence-corrected chi connectivity index (χ2v) is 5.02. The van der Waals surface area contributed by atoms with E-state index < -0.39 is 0 Å². The van der Waals surface area contributed by atoms with Crippen molar-refractivity contribution in [2.75, 3.05) is 38.1 Å². The lowest BCUT2D eigenvalue weighted by molar-refractivity contribution is 0.313. The number of likely N-dealkylation sites (N-methyl/N-ethyl adjacent to an activating group) is 1. The van der Waals surface area contributed by atoms with Gasteiger partial charge in [0.2, 0.25) is 0 Å². The van der Waals surface area contributed by atoms with Crippen LogP contribution in [0.25, 0.3) is 0 Å². The lowest BCUT2D eigenvalue weighted by Gasteiger charge is -2.34. The molecule has 2 rings (SSSR count). The fourth-order valence-corrected chi connectivity index (χ4v) is 2.26. The van der Waals surface area contributed by atoms with Crippen LogP contribution in [-0.4, -0.2) is 38.1 Å². The SMILES string of the molecule is CN1CCN(c2cccc(I)c2)CC1. The summed E-state index contributed by atoms with van der Waals surface area (Å²) in [4.78, 5) is 4.84. The van der Waals surface area contributed by atoms with Gasteiger partial charge in [0.1, 0.15) is 0 Å². The van der Waals surface area contributed by atoms with E-state index in [4.69, 9.17) is 0 Å². The summed E-state index contributed by atoms with van der Waals surface area (Å²) in [6.45, 7) is 4.64. The monoisotopic (exact) mass is 302 g/mol. The van der Waals surface area contributed by atoms with Crippen molar-refractivity contribution in [1.82, 2.24) is 4.90 Å². The van der Waals surface area contributed by atoms with Gasteiger partial charge in [0, 0.05) is 35.4 Å². The van der Waals surface area contributed by atoms with Crippen molar-refractivity contribution in [2.24, 2.45) is 0 Å². The quantitative estimate of drug-likeness (QED) is 0.733. The molecule has 0 atom stereocenters. The Labute approximate surface area is 99.0 Å². The molecule has 1 aromatic carbocycles. The van der Waals surface area contributed by atoms with Gasteiger partial charge in [0.15, 0.2) is 0 Å². The van der Waals surface area contributed by atoms with Gasteiger partial charge in [-0.3, -0.25) is 0 Å². The molecule has 14 heavy (non-hydrogen) atoms. The molecular formula is C11H15IN2. The van der Waals surface area contributed by atoms with Crippen LogP contribution in [0.5, 0.6) is 0 Å². The molecule has 0 N–H and O–H groups in total. The van der Waals surface area contributed by atoms with E-state index in [0.29, 0.717) is 0 Å². The number of benzene rings is 1. The van der Waals surface area contributed by atoms with Crippen LogP contribution in [0.2, 0.25) is 0 Å². The third kappa shape index (κ3) is 2.39. The zero-order valence-electron chi connectivity index (χ0n) is 8.41. The predicted molar refractivity (Wildman–Crippen MR) is 68.9 cm³/mol. The molecule has 1 aliphatic rings. The first-order valence-electron chi connectivity index (χ1n) is 4.95. The maximum atomic E-state index is 2.46. The van der Waals surface area contributed by atoms with Gasteiger partial charge in [0.05, 0.1) is 0 Å². The molecule has 0 unspecified atom stereocenters. The van der Waals surface area contributed by atoms with Crippen LogP contribution in [-0.2, 0) is 0 Å². The maximum Gasteiger partial charge on any atom is 0.0377 e. The highest BCUT2D eigenvalue weighted by atomic mass is 127. The van der Waals surface area contributed by atoms with E-state index in [1.54, 1.807) is 0 Å². The summed E-state index contributed by atoms with van der Waals surface area (Å²) in [6, 6.07) is 8.73. The Bertz CT molecular complexity index is 306. The molecule has 1 heterocycles. The van der Waals surface area contributed by atoms with Crippen LogP contribution in [0.3, 0.4) is 0 Å². The Morgan fingerprint density at radius 3 is 2.50 bits per heavy atom. The fourth-order valence-electron chi connectivity index (χ4n) is 1.74. The molecular weight excluding hydrogens is 287 g/mol. The van der Waals surface area contributed by atoms with Crippen molar-refractivity contribution in [3.8, 4) is 0 Å². The number of halogens is 1. The van der Waals surface area contributed by atoms with Crippen LogP contribution < -0.4 is 4.90 Å². The highest BCUT2D eigenvalue weighted by Crippen LogP contribution is 2.18. The number of anilines is 1. The molecule has 3 heteroatoms. The fraction of sp³-hybridized carbons (Fsp3) is 0.455. The zero-order chi connectivity index (χ0) is 9.97. The summed E-state index contributed by atoms with van der Waals surface area (Å²) in [5, 5.41) is 0. The lowest BCUT2D eigenvalue weighted by atomic mass is 10.2. The highest BCUT2D eigenvalue weighted by molar-refractivity contribution is 14.1. The molecule has 1 saturated heterocycles. The second kappa shape index (κ2) is 4.49. The van der Waals surface area contributed by atoms with Crippen molar-refractivity contribution in [1.29, 1.82) is 0 Å². The predicted octanol–water partition coefficient (Wildman–Crippen LogP) is 2.04. The van der Waals surface area contributed by atoms with Crippen LogP contribution in [0.1, 0.15) is 0 Å². The van der Waals surface area contributed by atoms with Gasteiger partial charge in [-0.05, 0) is 47.8 Å². The average Bonchev–Trinajstić information content (AvgIpc) is 2.19. The van der Waals surface area contributed by atoms with Crippen LogP contribution in [0.15, 0.2) is 24.3 Å². The minimum Gasteiger partial charge on any atom is -0.369 e. The van der Waals surface area contributed by atoms with E-state index in [0.717, 1.165) is 13.1 Å². The van der Waals surface area contributed by atoms with Crippen molar-refractivity contribution < 1.29 is 0 Å². The van der Waals surface area contributed by atoms with Gasteiger partial charge in [-0.1, -0.05) is 6.07 Å². The highest BCUT2D eigenvalue weighted by Gasteiger charge is 2.13. The van der Waals surface area contributed by atoms with E-state index in [1.165, 1.54) is 22.3 Å². The molecule has 1 fully saturated rings. The van der Waals surface area contributed by atoms with Gasteiger partial charge in [-0.2, -0.15) is 0 Å². The van der Waals surface area contributed by atoms with Gasteiger partial charge in [0.25, 0.3) is 0 Å². The number of rotatable bonds is 1. The van der Waals surface area contributed by atoms with Crippen LogP contribution >= 0.6 is 22.6 Å². The lowest BCUT2D eigenvalue weighted by Crippen LogP contribution is -2.44. The molecule has 1 aliphatic heterocycles. The first-order chi connectivity index (χ1) is 6.75. The minimum atomic E-state index is 1.15. The topological polar surface area (TPSA) is 6.48 Å².